The summed E-state index contributed by atoms with van der Waals surface area (Å²) in [6.45, 7) is 1.96. The molecule has 0 heterocycles. The van der Waals surface area contributed by atoms with E-state index in [9.17, 15) is 17.6 Å². The molecule has 0 bridgehead atoms. The second-order valence-electron chi connectivity index (χ2n) is 8.27. The van der Waals surface area contributed by atoms with Crippen LogP contribution in [0.3, 0.4) is 0 Å². The molecule has 1 N–H and O–H groups in total. The van der Waals surface area contributed by atoms with Crippen LogP contribution in [0.15, 0.2) is 100 Å². The van der Waals surface area contributed by atoms with Crippen LogP contribution in [0.2, 0.25) is 0 Å². The van der Waals surface area contributed by atoms with Crippen molar-refractivity contribution in [1.82, 2.24) is 0 Å². The number of amides is 1. The lowest BCUT2D eigenvalue weighted by atomic mass is 10.1. The Hall–Kier alpha value is -3.69. The van der Waals surface area contributed by atoms with Gasteiger partial charge in [-0.1, -0.05) is 42.0 Å². The summed E-state index contributed by atoms with van der Waals surface area (Å²) in [6.07, 6.45) is 0. The van der Waals surface area contributed by atoms with Crippen LogP contribution in [-0.4, -0.2) is 21.4 Å². The number of halogens is 2. The van der Waals surface area contributed by atoms with Crippen molar-refractivity contribution in [3.63, 3.8) is 0 Å². The van der Waals surface area contributed by atoms with E-state index < -0.39 is 21.7 Å². The normalized spacial score (nSPS) is 11.1. The molecule has 6 nitrogen and oxygen atoms in total. The van der Waals surface area contributed by atoms with Crippen LogP contribution in [0.4, 0.5) is 15.8 Å². The number of carbonyl (C=O) groups excluding carboxylic acids is 1. The minimum absolute atomic E-state index is 0.0320. The number of ether oxygens (including phenoxy) is 1. The fourth-order valence-corrected chi connectivity index (χ4v) is 5.82. The SMILES string of the molecule is COc1ccc(S(=O)(=O)N(Cc2ccc(C(=O)Nc3ccccc3F)cc2)c2ccc(C)cc2)cc1Br. The summed E-state index contributed by atoms with van der Waals surface area (Å²) in [5.41, 5.74) is 2.56. The van der Waals surface area contributed by atoms with Gasteiger partial charge in [0, 0.05) is 5.56 Å². The van der Waals surface area contributed by atoms with Crippen molar-refractivity contribution in [2.75, 3.05) is 16.7 Å². The molecule has 37 heavy (non-hydrogen) atoms. The van der Waals surface area contributed by atoms with Crippen LogP contribution >= 0.6 is 15.9 Å². The van der Waals surface area contributed by atoms with E-state index in [4.69, 9.17) is 4.74 Å². The van der Waals surface area contributed by atoms with E-state index >= 15 is 0 Å². The number of methoxy groups -OCH3 is 1. The quantitative estimate of drug-likeness (QED) is 0.255. The maximum absolute atomic E-state index is 13.9. The molecule has 190 valence electrons. The monoisotopic (exact) mass is 582 g/mol. The van der Waals surface area contributed by atoms with Crippen molar-refractivity contribution in [2.24, 2.45) is 0 Å². The van der Waals surface area contributed by atoms with Gasteiger partial charge in [0.05, 0.1) is 34.4 Å². The minimum Gasteiger partial charge on any atom is -0.496 e. The number of nitrogens with one attached hydrogen (secondary N) is 1. The van der Waals surface area contributed by atoms with E-state index in [0.29, 0.717) is 27.0 Å². The molecule has 0 unspecified atom stereocenters. The average Bonchev–Trinajstić information content (AvgIpc) is 2.89. The number of sulfonamides is 1. The summed E-state index contributed by atoms with van der Waals surface area (Å²) in [6, 6.07) is 24.2. The summed E-state index contributed by atoms with van der Waals surface area (Å²) >= 11 is 3.36. The third kappa shape index (κ3) is 6.00. The Morgan fingerprint density at radius 1 is 0.973 bits per heavy atom. The van der Waals surface area contributed by atoms with Crippen LogP contribution in [0.1, 0.15) is 21.5 Å². The molecule has 0 radical (unpaired) electrons. The number of carbonyl (C=O) groups is 1. The van der Waals surface area contributed by atoms with Crippen molar-refractivity contribution in [3.05, 3.63) is 118 Å². The Balaban J connectivity index is 1.63. The number of hydrogen-bond acceptors (Lipinski definition) is 4. The van der Waals surface area contributed by atoms with Crippen molar-refractivity contribution in [1.29, 1.82) is 0 Å². The van der Waals surface area contributed by atoms with E-state index in [1.54, 1.807) is 48.5 Å². The molecule has 0 aliphatic heterocycles. The topological polar surface area (TPSA) is 75.7 Å². The molecule has 4 aromatic carbocycles. The van der Waals surface area contributed by atoms with Gasteiger partial charge in [0.15, 0.2) is 0 Å². The molecular weight excluding hydrogens is 559 g/mol. The van der Waals surface area contributed by atoms with Crippen LogP contribution < -0.4 is 14.4 Å². The second kappa shape index (κ2) is 11.1. The van der Waals surface area contributed by atoms with Crippen LogP contribution in [0.5, 0.6) is 5.75 Å². The molecule has 0 saturated heterocycles. The Bertz CT molecular complexity index is 1530. The first-order valence-corrected chi connectivity index (χ1v) is 13.5. The van der Waals surface area contributed by atoms with E-state index in [0.717, 1.165) is 5.56 Å². The third-order valence-electron chi connectivity index (χ3n) is 5.70. The molecular formula is C28H24BrFN2O4S. The van der Waals surface area contributed by atoms with Gasteiger partial charge in [0.1, 0.15) is 11.6 Å². The van der Waals surface area contributed by atoms with Gasteiger partial charge >= 0.3 is 0 Å². The molecule has 0 atom stereocenters. The lowest BCUT2D eigenvalue weighted by Crippen LogP contribution is -2.30. The first-order chi connectivity index (χ1) is 17.7. The van der Waals surface area contributed by atoms with Crippen molar-refractivity contribution in [3.8, 4) is 5.75 Å². The van der Waals surface area contributed by atoms with Crippen LogP contribution in [0.25, 0.3) is 0 Å². The van der Waals surface area contributed by atoms with Gasteiger partial charge < -0.3 is 10.1 Å². The molecule has 0 aromatic heterocycles. The molecule has 0 saturated carbocycles. The van der Waals surface area contributed by atoms with Gasteiger partial charge in [0.2, 0.25) is 0 Å². The van der Waals surface area contributed by atoms with Crippen LogP contribution in [-0.2, 0) is 16.6 Å². The van der Waals surface area contributed by atoms with Gasteiger partial charge in [0.25, 0.3) is 15.9 Å². The van der Waals surface area contributed by atoms with E-state index in [2.05, 4.69) is 21.2 Å². The Labute approximate surface area is 223 Å². The van der Waals surface area contributed by atoms with Crippen molar-refractivity contribution in [2.45, 2.75) is 18.4 Å². The standard InChI is InChI=1S/C28H24BrFN2O4S/c1-19-7-13-22(14-8-19)32(37(34,35)23-15-16-27(36-2)24(29)17-23)18-20-9-11-21(12-10-20)28(33)31-26-6-4-3-5-25(26)30/h3-17H,18H2,1-2H3,(H,31,33). The van der Waals surface area contributed by atoms with E-state index in [-0.39, 0.29) is 17.1 Å². The molecule has 0 spiro atoms. The summed E-state index contributed by atoms with van der Waals surface area (Å²) in [7, 11) is -2.45. The van der Waals surface area contributed by atoms with E-state index in [1.807, 2.05) is 19.1 Å². The molecule has 9 heteroatoms. The number of rotatable bonds is 8. The van der Waals surface area contributed by atoms with E-state index in [1.165, 1.54) is 41.7 Å². The first kappa shape index (κ1) is 26.4. The number of benzene rings is 4. The number of para-hydroxylation sites is 1. The van der Waals surface area contributed by atoms with Crippen molar-refractivity contribution >= 4 is 43.2 Å². The Morgan fingerprint density at radius 3 is 2.27 bits per heavy atom. The molecule has 1 amide bonds. The number of aryl methyl sites for hydroxylation is 1. The summed E-state index contributed by atoms with van der Waals surface area (Å²) < 4.78 is 48.5. The number of hydrogen-bond donors (Lipinski definition) is 1. The van der Waals surface area contributed by atoms with Gasteiger partial charge in [-0.15, -0.1) is 0 Å². The number of nitrogens with zero attached hydrogens (tertiary/aromatic N) is 1. The highest BCUT2D eigenvalue weighted by atomic mass is 79.9. The lowest BCUT2D eigenvalue weighted by Gasteiger charge is -2.25. The highest BCUT2D eigenvalue weighted by Gasteiger charge is 2.26. The van der Waals surface area contributed by atoms with Gasteiger partial charge in [-0.25, -0.2) is 12.8 Å². The molecule has 0 aliphatic rings. The maximum Gasteiger partial charge on any atom is 0.264 e. The molecule has 0 aliphatic carbocycles. The molecule has 0 fully saturated rings. The minimum atomic E-state index is -3.96. The summed E-state index contributed by atoms with van der Waals surface area (Å²) in [5, 5.41) is 2.54. The van der Waals surface area contributed by atoms with Gasteiger partial charge in [-0.2, -0.15) is 0 Å². The lowest BCUT2D eigenvalue weighted by molar-refractivity contribution is 0.102. The number of anilines is 2. The molecule has 4 rings (SSSR count). The fraction of sp³-hybridized carbons (Fsp3) is 0.107. The molecule has 4 aromatic rings. The zero-order valence-corrected chi connectivity index (χ0v) is 22.5. The highest BCUT2D eigenvalue weighted by molar-refractivity contribution is 9.10. The van der Waals surface area contributed by atoms with Crippen molar-refractivity contribution < 1.29 is 22.3 Å². The largest absolute Gasteiger partial charge is 0.496 e. The second-order valence-corrected chi connectivity index (χ2v) is 11.0. The Morgan fingerprint density at radius 2 is 1.65 bits per heavy atom. The van der Waals surface area contributed by atoms with Gasteiger partial charge in [-0.3, -0.25) is 9.10 Å². The first-order valence-electron chi connectivity index (χ1n) is 11.3. The van der Waals surface area contributed by atoms with Crippen LogP contribution in [0, 0.1) is 12.7 Å². The van der Waals surface area contributed by atoms with Gasteiger partial charge in [-0.05, 0) is 83.0 Å². The summed E-state index contributed by atoms with van der Waals surface area (Å²) in [5.74, 6) is -0.482. The summed E-state index contributed by atoms with van der Waals surface area (Å²) in [4.78, 5) is 12.7. The predicted molar refractivity (Wildman–Crippen MR) is 146 cm³/mol. The smallest absolute Gasteiger partial charge is 0.264 e. The highest BCUT2D eigenvalue weighted by Crippen LogP contribution is 2.32. The average molecular weight is 583 g/mol. The predicted octanol–water partition coefficient (Wildman–Crippen LogP) is 6.55. The Kier molecular flexibility index (Phi) is 7.94. The maximum atomic E-state index is 13.9. The zero-order valence-electron chi connectivity index (χ0n) is 20.1. The third-order valence-corrected chi connectivity index (χ3v) is 8.09. The fourth-order valence-electron chi connectivity index (χ4n) is 3.65. The zero-order chi connectivity index (χ0) is 26.6.